The third-order valence-corrected chi connectivity index (χ3v) is 3.67. The lowest BCUT2D eigenvalue weighted by atomic mass is 9.84. The quantitative estimate of drug-likeness (QED) is 0.727. The Hall–Kier alpha value is -1.38. The molecule has 0 bridgehead atoms. The molecule has 1 aromatic rings. The Morgan fingerprint density at radius 1 is 1.12 bits per heavy atom. The molecule has 2 aliphatic rings. The van der Waals surface area contributed by atoms with Gasteiger partial charge in [-0.25, -0.2) is 0 Å². The fourth-order valence-corrected chi connectivity index (χ4v) is 2.39. The van der Waals surface area contributed by atoms with E-state index in [1.807, 2.05) is 0 Å². The van der Waals surface area contributed by atoms with E-state index >= 15 is 0 Å². The van der Waals surface area contributed by atoms with Crippen LogP contribution in [0.4, 0.5) is 5.69 Å². The van der Waals surface area contributed by atoms with Crippen molar-refractivity contribution in [2.75, 3.05) is 25.1 Å². The minimum absolute atomic E-state index is 0.576. The lowest BCUT2D eigenvalue weighted by molar-refractivity contribution is 0.171. The molecule has 2 heterocycles. The van der Waals surface area contributed by atoms with Crippen molar-refractivity contribution in [2.24, 2.45) is 5.92 Å². The zero-order valence-corrected chi connectivity index (χ0v) is 9.75. The van der Waals surface area contributed by atoms with Crippen molar-refractivity contribution >= 4 is 5.69 Å². The van der Waals surface area contributed by atoms with Gasteiger partial charge in [0.2, 0.25) is 0 Å². The fourth-order valence-electron chi connectivity index (χ4n) is 2.39. The molecule has 0 saturated carbocycles. The summed E-state index contributed by atoms with van der Waals surface area (Å²) in [7, 11) is 0. The summed E-state index contributed by atoms with van der Waals surface area (Å²) < 4.78 is 11.2. The largest absolute Gasteiger partial charge is 0.486 e. The first-order valence-corrected chi connectivity index (χ1v) is 5.93. The first kappa shape index (κ1) is 9.82. The summed E-state index contributed by atoms with van der Waals surface area (Å²) in [6.07, 6.45) is 0. The van der Waals surface area contributed by atoms with Gasteiger partial charge in [-0.15, -0.1) is 0 Å². The van der Waals surface area contributed by atoms with Gasteiger partial charge in [-0.05, 0) is 23.5 Å². The number of rotatable bonds is 0. The number of hydrogen-bond acceptors (Lipinski definition) is 3. The van der Waals surface area contributed by atoms with Crippen LogP contribution in [-0.2, 0) is 0 Å². The first-order valence-electron chi connectivity index (χ1n) is 5.93. The van der Waals surface area contributed by atoms with Crippen LogP contribution in [-0.4, -0.2) is 19.8 Å². The molecule has 1 aromatic carbocycles. The average molecular weight is 219 g/mol. The van der Waals surface area contributed by atoms with Crippen LogP contribution in [0.5, 0.6) is 11.5 Å². The first-order chi connectivity index (χ1) is 7.75. The summed E-state index contributed by atoms with van der Waals surface area (Å²) in [5.74, 6) is 3.01. The standard InChI is InChI=1S/C13H17NO2/c1-8-7-14-11-6-13-12(15-3-4-16-13)5-10(11)9(8)2/h5-6,8-9,14H,3-4,7H2,1-2H3. The molecule has 2 atom stereocenters. The van der Waals surface area contributed by atoms with Crippen molar-refractivity contribution in [1.82, 2.24) is 0 Å². The molecule has 1 N–H and O–H groups in total. The Morgan fingerprint density at radius 3 is 2.56 bits per heavy atom. The van der Waals surface area contributed by atoms with E-state index in [-0.39, 0.29) is 0 Å². The third kappa shape index (κ3) is 1.42. The van der Waals surface area contributed by atoms with Crippen molar-refractivity contribution in [1.29, 1.82) is 0 Å². The maximum atomic E-state index is 5.62. The number of nitrogens with one attached hydrogen (secondary N) is 1. The Morgan fingerprint density at radius 2 is 1.81 bits per heavy atom. The minimum Gasteiger partial charge on any atom is -0.486 e. The van der Waals surface area contributed by atoms with Gasteiger partial charge in [0, 0.05) is 18.3 Å². The summed E-state index contributed by atoms with van der Waals surface area (Å²) in [4.78, 5) is 0. The van der Waals surface area contributed by atoms with Crippen LogP contribution in [0.15, 0.2) is 12.1 Å². The zero-order chi connectivity index (χ0) is 11.1. The number of anilines is 1. The van der Waals surface area contributed by atoms with Gasteiger partial charge < -0.3 is 14.8 Å². The van der Waals surface area contributed by atoms with Crippen LogP contribution in [0.3, 0.4) is 0 Å². The highest BCUT2D eigenvalue weighted by Crippen LogP contribution is 2.42. The third-order valence-electron chi connectivity index (χ3n) is 3.67. The van der Waals surface area contributed by atoms with Crippen molar-refractivity contribution in [3.63, 3.8) is 0 Å². The van der Waals surface area contributed by atoms with Crippen LogP contribution in [0.1, 0.15) is 25.3 Å². The van der Waals surface area contributed by atoms with E-state index in [9.17, 15) is 0 Å². The second-order valence-corrected chi connectivity index (χ2v) is 4.73. The molecule has 2 unspecified atom stereocenters. The topological polar surface area (TPSA) is 30.5 Å². The summed E-state index contributed by atoms with van der Waals surface area (Å²) in [5, 5.41) is 3.46. The smallest absolute Gasteiger partial charge is 0.163 e. The maximum Gasteiger partial charge on any atom is 0.163 e. The number of fused-ring (bicyclic) bond motifs is 2. The molecule has 86 valence electrons. The molecule has 2 aliphatic heterocycles. The maximum absolute atomic E-state index is 5.62. The Balaban J connectivity index is 2.06. The van der Waals surface area contributed by atoms with E-state index in [4.69, 9.17) is 9.47 Å². The van der Waals surface area contributed by atoms with Crippen LogP contribution < -0.4 is 14.8 Å². The van der Waals surface area contributed by atoms with E-state index in [1.54, 1.807) is 0 Å². The van der Waals surface area contributed by atoms with Crippen LogP contribution >= 0.6 is 0 Å². The Kier molecular flexibility index (Phi) is 2.20. The van der Waals surface area contributed by atoms with Crippen LogP contribution in [0.2, 0.25) is 0 Å². The van der Waals surface area contributed by atoms with Gasteiger partial charge >= 0.3 is 0 Å². The molecule has 0 amide bonds. The molecule has 3 nitrogen and oxygen atoms in total. The SMILES string of the molecule is CC1CNc2cc3c(cc2C1C)OCCO3. The van der Waals surface area contributed by atoms with Crippen molar-refractivity contribution in [2.45, 2.75) is 19.8 Å². The lowest BCUT2D eigenvalue weighted by Crippen LogP contribution is -2.25. The van der Waals surface area contributed by atoms with Gasteiger partial charge in [-0.3, -0.25) is 0 Å². The van der Waals surface area contributed by atoms with Gasteiger partial charge in [0.15, 0.2) is 11.5 Å². The summed E-state index contributed by atoms with van der Waals surface area (Å²) in [6.45, 7) is 6.90. The molecule has 0 fully saturated rings. The van der Waals surface area contributed by atoms with E-state index < -0.39 is 0 Å². The normalized spacial score (nSPS) is 26.9. The predicted molar refractivity (Wildman–Crippen MR) is 63.5 cm³/mol. The second kappa shape index (κ2) is 3.58. The molecule has 0 aliphatic carbocycles. The van der Waals surface area contributed by atoms with E-state index in [0.29, 0.717) is 25.0 Å². The summed E-state index contributed by atoms with van der Waals surface area (Å²) >= 11 is 0. The van der Waals surface area contributed by atoms with Crippen molar-refractivity contribution < 1.29 is 9.47 Å². The Labute approximate surface area is 95.8 Å². The number of ether oxygens (including phenoxy) is 2. The minimum atomic E-state index is 0.576. The molecule has 0 radical (unpaired) electrons. The molecule has 3 heteroatoms. The number of hydrogen-bond donors (Lipinski definition) is 1. The highest BCUT2D eigenvalue weighted by atomic mass is 16.6. The molecular formula is C13H17NO2. The molecular weight excluding hydrogens is 202 g/mol. The van der Waals surface area contributed by atoms with Crippen LogP contribution in [0.25, 0.3) is 0 Å². The number of benzene rings is 1. The molecule has 0 aromatic heterocycles. The summed E-state index contributed by atoms with van der Waals surface area (Å²) in [5.41, 5.74) is 2.55. The van der Waals surface area contributed by atoms with Crippen molar-refractivity contribution in [3.05, 3.63) is 17.7 Å². The highest BCUT2D eigenvalue weighted by Gasteiger charge is 2.25. The van der Waals surface area contributed by atoms with Crippen molar-refractivity contribution in [3.8, 4) is 11.5 Å². The second-order valence-electron chi connectivity index (χ2n) is 4.73. The molecule has 16 heavy (non-hydrogen) atoms. The van der Waals surface area contributed by atoms with Gasteiger partial charge in [0.25, 0.3) is 0 Å². The predicted octanol–water partition coefficient (Wildman–Crippen LogP) is 2.62. The van der Waals surface area contributed by atoms with Crippen LogP contribution in [0, 0.1) is 5.92 Å². The monoisotopic (exact) mass is 219 g/mol. The Bertz CT molecular complexity index is 417. The fraction of sp³-hybridized carbons (Fsp3) is 0.538. The molecule has 3 rings (SSSR count). The van der Waals surface area contributed by atoms with Gasteiger partial charge in [0.05, 0.1) is 0 Å². The average Bonchev–Trinajstić information content (AvgIpc) is 2.32. The van der Waals surface area contributed by atoms with E-state index in [0.717, 1.165) is 18.0 Å². The lowest BCUT2D eigenvalue weighted by Gasteiger charge is -2.31. The van der Waals surface area contributed by atoms with E-state index in [2.05, 4.69) is 31.3 Å². The van der Waals surface area contributed by atoms with Gasteiger partial charge in [-0.2, -0.15) is 0 Å². The summed E-state index contributed by atoms with van der Waals surface area (Å²) in [6, 6.07) is 4.21. The molecule has 0 spiro atoms. The molecule has 0 saturated heterocycles. The highest BCUT2D eigenvalue weighted by molar-refractivity contribution is 5.63. The van der Waals surface area contributed by atoms with Gasteiger partial charge in [-0.1, -0.05) is 13.8 Å². The van der Waals surface area contributed by atoms with Gasteiger partial charge in [0.1, 0.15) is 13.2 Å². The zero-order valence-electron chi connectivity index (χ0n) is 9.75. The van der Waals surface area contributed by atoms with E-state index in [1.165, 1.54) is 11.3 Å².